The Morgan fingerprint density at radius 2 is 1.66 bits per heavy atom. The van der Waals surface area contributed by atoms with Gasteiger partial charge in [-0.1, -0.05) is 39.8 Å². The molecule has 0 aliphatic carbocycles. The van der Waals surface area contributed by atoms with Crippen molar-refractivity contribution in [3.8, 4) is 5.75 Å². The summed E-state index contributed by atoms with van der Waals surface area (Å²) in [5.74, 6) is -1.32. The normalized spacial score (nSPS) is 21.5. The maximum absolute atomic E-state index is 13.2. The number of aliphatic hydroxyl groups is 2. The van der Waals surface area contributed by atoms with E-state index < -0.39 is 49.1 Å². The lowest BCUT2D eigenvalue weighted by molar-refractivity contribution is -0.130. The molecule has 3 atom stereocenters. The molecule has 0 fully saturated rings. The van der Waals surface area contributed by atoms with Gasteiger partial charge in [-0.3, -0.25) is 19.2 Å². The summed E-state index contributed by atoms with van der Waals surface area (Å²) in [5, 5.41) is 29.6. The second-order valence-corrected chi connectivity index (χ2v) is 10.5. The van der Waals surface area contributed by atoms with Crippen LogP contribution in [0.25, 0.3) is 0 Å². The number of aliphatic hydroxyl groups excluding tert-OH is 2. The van der Waals surface area contributed by atoms with Crippen molar-refractivity contribution in [3.05, 3.63) is 29.8 Å². The lowest BCUT2D eigenvalue weighted by Crippen LogP contribution is -2.52. The maximum atomic E-state index is 13.2. The molecule has 2 rings (SSSR count). The van der Waals surface area contributed by atoms with E-state index in [2.05, 4.69) is 21.3 Å². The Labute approximate surface area is 224 Å². The molecule has 1 aliphatic rings. The van der Waals surface area contributed by atoms with Gasteiger partial charge < -0.3 is 36.2 Å². The molecule has 1 heterocycles. The van der Waals surface area contributed by atoms with Gasteiger partial charge in [-0.05, 0) is 43.2 Å². The molecule has 0 bridgehead atoms. The lowest BCUT2D eigenvalue weighted by atomic mass is 10.0. The second kappa shape index (κ2) is 15.3. The standard InChI is InChI=1S/C27H42N4O7/c1-16(2)11-18-15-38-23-8-6-5-7-20(23)25(35)31-21(26(36)29-19(13-32)14-33)9-10-24(34)30-22(12-17(3)4)27(37)28-18/h5-8,16-19,21-22,32-33H,9-15H2,1-4H3,(H,28,37)(H,29,36)(H,30,34)(H,31,35)/t18-,21+,22-/m1/s1. The van der Waals surface area contributed by atoms with E-state index in [4.69, 9.17) is 4.74 Å². The molecule has 0 radical (unpaired) electrons. The molecule has 6 N–H and O–H groups in total. The van der Waals surface area contributed by atoms with Crippen LogP contribution in [0.4, 0.5) is 0 Å². The van der Waals surface area contributed by atoms with Gasteiger partial charge in [0.2, 0.25) is 17.7 Å². The van der Waals surface area contributed by atoms with E-state index >= 15 is 0 Å². The number of carbonyl (C=O) groups excluding carboxylic acids is 4. The first-order valence-corrected chi connectivity index (χ1v) is 13.2. The van der Waals surface area contributed by atoms with Gasteiger partial charge >= 0.3 is 0 Å². The van der Waals surface area contributed by atoms with Crippen molar-refractivity contribution in [3.63, 3.8) is 0 Å². The highest BCUT2D eigenvalue weighted by molar-refractivity contribution is 6.00. The molecule has 0 aromatic heterocycles. The Kier molecular flexibility index (Phi) is 12.5. The fraction of sp³-hybridized carbons (Fsp3) is 0.630. The van der Waals surface area contributed by atoms with Crippen LogP contribution in [0.15, 0.2) is 24.3 Å². The molecular formula is C27H42N4O7. The van der Waals surface area contributed by atoms with Crippen LogP contribution in [0.3, 0.4) is 0 Å². The molecule has 212 valence electrons. The average Bonchev–Trinajstić information content (AvgIpc) is 2.86. The summed E-state index contributed by atoms with van der Waals surface area (Å²) >= 11 is 0. The summed E-state index contributed by atoms with van der Waals surface area (Å²) in [6.45, 7) is 7.08. The first-order chi connectivity index (χ1) is 18.0. The summed E-state index contributed by atoms with van der Waals surface area (Å²) in [6, 6.07) is 3.38. The van der Waals surface area contributed by atoms with E-state index in [-0.39, 0.29) is 48.8 Å². The van der Waals surface area contributed by atoms with Gasteiger partial charge in [-0.15, -0.1) is 0 Å². The second-order valence-electron chi connectivity index (χ2n) is 10.5. The molecule has 4 amide bonds. The van der Waals surface area contributed by atoms with Crippen LogP contribution >= 0.6 is 0 Å². The number of hydrogen-bond acceptors (Lipinski definition) is 7. The molecule has 1 aromatic carbocycles. The van der Waals surface area contributed by atoms with Gasteiger partial charge in [0.1, 0.15) is 24.4 Å². The van der Waals surface area contributed by atoms with Crippen molar-refractivity contribution >= 4 is 23.6 Å². The third-order valence-electron chi connectivity index (χ3n) is 6.10. The van der Waals surface area contributed by atoms with Crippen LogP contribution in [-0.4, -0.2) is 77.8 Å². The van der Waals surface area contributed by atoms with Gasteiger partial charge in [0.25, 0.3) is 5.91 Å². The predicted molar refractivity (Wildman–Crippen MR) is 141 cm³/mol. The Bertz CT molecular complexity index is 949. The molecule has 1 aromatic rings. The molecule has 0 unspecified atom stereocenters. The van der Waals surface area contributed by atoms with E-state index in [0.29, 0.717) is 18.6 Å². The largest absolute Gasteiger partial charge is 0.491 e. The third kappa shape index (κ3) is 9.94. The average molecular weight is 535 g/mol. The fourth-order valence-corrected chi connectivity index (χ4v) is 4.21. The van der Waals surface area contributed by atoms with Crippen molar-refractivity contribution in [1.29, 1.82) is 0 Å². The highest BCUT2D eigenvalue weighted by Gasteiger charge is 2.29. The number of ether oxygens (including phenoxy) is 1. The minimum Gasteiger partial charge on any atom is -0.491 e. The maximum Gasteiger partial charge on any atom is 0.255 e. The van der Waals surface area contributed by atoms with Crippen LogP contribution in [0, 0.1) is 11.8 Å². The van der Waals surface area contributed by atoms with Crippen LogP contribution in [0.1, 0.15) is 63.7 Å². The summed E-state index contributed by atoms with van der Waals surface area (Å²) in [5.41, 5.74) is 0.192. The number of hydrogen-bond donors (Lipinski definition) is 6. The fourth-order valence-electron chi connectivity index (χ4n) is 4.21. The van der Waals surface area contributed by atoms with Crippen LogP contribution < -0.4 is 26.0 Å². The van der Waals surface area contributed by atoms with E-state index in [1.165, 1.54) is 0 Å². The number of para-hydroxylation sites is 1. The Hall–Kier alpha value is -3.18. The van der Waals surface area contributed by atoms with Crippen molar-refractivity contribution in [2.75, 3.05) is 19.8 Å². The first kappa shape index (κ1) is 31.0. The topological polar surface area (TPSA) is 166 Å². The number of carbonyl (C=O) groups is 4. The molecule has 1 aliphatic heterocycles. The van der Waals surface area contributed by atoms with Gasteiger partial charge in [-0.25, -0.2) is 0 Å². The van der Waals surface area contributed by atoms with E-state index in [0.717, 1.165) is 0 Å². The van der Waals surface area contributed by atoms with Crippen molar-refractivity contribution < 1.29 is 34.1 Å². The van der Waals surface area contributed by atoms with Crippen LogP contribution in [0.5, 0.6) is 5.75 Å². The summed E-state index contributed by atoms with van der Waals surface area (Å²) in [7, 11) is 0. The molecular weight excluding hydrogens is 492 g/mol. The summed E-state index contributed by atoms with van der Waals surface area (Å²) < 4.78 is 6.00. The predicted octanol–water partition coefficient (Wildman–Crippen LogP) is 0.489. The van der Waals surface area contributed by atoms with Crippen LogP contribution in [-0.2, 0) is 14.4 Å². The Balaban J connectivity index is 2.41. The number of fused-ring (bicyclic) bond motifs is 1. The highest BCUT2D eigenvalue weighted by Crippen LogP contribution is 2.20. The van der Waals surface area contributed by atoms with E-state index in [9.17, 15) is 29.4 Å². The molecule has 38 heavy (non-hydrogen) atoms. The van der Waals surface area contributed by atoms with Crippen molar-refractivity contribution in [1.82, 2.24) is 21.3 Å². The van der Waals surface area contributed by atoms with E-state index in [1.54, 1.807) is 24.3 Å². The molecule has 0 saturated carbocycles. The zero-order valence-electron chi connectivity index (χ0n) is 22.7. The van der Waals surface area contributed by atoms with Crippen molar-refractivity contribution in [2.24, 2.45) is 11.8 Å². The van der Waals surface area contributed by atoms with E-state index in [1.807, 2.05) is 27.7 Å². The quantitative estimate of drug-likeness (QED) is 0.282. The zero-order chi connectivity index (χ0) is 28.2. The molecule has 0 saturated heterocycles. The molecule has 11 heteroatoms. The molecule has 0 spiro atoms. The number of rotatable bonds is 8. The number of nitrogens with one attached hydrogen (secondary N) is 4. The van der Waals surface area contributed by atoms with Gasteiger partial charge in [0.15, 0.2) is 0 Å². The third-order valence-corrected chi connectivity index (χ3v) is 6.10. The Morgan fingerprint density at radius 3 is 2.29 bits per heavy atom. The minimum atomic E-state index is -1.14. The van der Waals surface area contributed by atoms with Gasteiger partial charge in [0, 0.05) is 6.42 Å². The Morgan fingerprint density at radius 1 is 1.00 bits per heavy atom. The highest BCUT2D eigenvalue weighted by atomic mass is 16.5. The summed E-state index contributed by atoms with van der Waals surface area (Å²) in [4.78, 5) is 52.2. The van der Waals surface area contributed by atoms with Gasteiger partial charge in [0.05, 0.1) is 30.9 Å². The number of amides is 4. The molecule has 11 nitrogen and oxygen atoms in total. The van der Waals surface area contributed by atoms with Crippen LogP contribution in [0.2, 0.25) is 0 Å². The van der Waals surface area contributed by atoms with Crippen molar-refractivity contribution in [2.45, 2.75) is 77.5 Å². The lowest BCUT2D eigenvalue weighted by Gasteiger charge is -2.26. The minimum absolute atomic E-state index is 0.0675. The smallest absolute Gasteiger partial charge is 0.255 e. The van der Waals surface area contributed by atoms with Gasteiger partial charge in [-0.2, -0.15) is 0 Å². The monoisotopic (exact) mass is 534 g/mol. The number of benzene rings is 1. The summed E-state index contributed by atoms with van der Waals surface area (Å²) in [6.07, 6.45) is 0.839. The first-order valence-electron chi connectivity index (χ1n) is 13.2. The zero-order valence-corrected chi connectivity index (χ0v) is 22.7. The SMILES string of the molecule is CC(C)C[C@@H]1COc2ccccc2C(=O)N[C@H](C(=O)NC(CO)CO)CCC(=O)N[C@H](CC(C)C)C(=O)N1.